The van der Waals surface area contributed by atoms with Crippen LogP contribution in [0, 0.1) is 5.82 Å². The highest BCUT2D eigenvalue weighted by molar-refractivity contribution is 7.89. The molecule has 2 aromatic heterocycles. The molecule has 34 heavy (non-hydrogen) atoms. The van der Waals surface area contributed by atoms with Gasteiger partial charge in [-0.2, -0.15) is 18.3 Å². The minimum atomic E-state index is -4.81. The standard InChI is InChI=1S/C19H20F4N6O4S/c1-18(2,30)9-29-8-10(6-26-29)15-11(19(21,22)23)7-25-17(28-15)27-12-4-5-13(34(24,31)32)16(33-3)14(12)20/h4-8,30H,9H2,1-3H3,(H2,24,31,32)(H,25,27,28). The van der Waals surface area contributed by atoms with E-state index in [0.717, 1.165) is 25.4 Å². The first kappa shape index (κ1) is 25.3. The number of nitrogens with two attached hydrogens (primary N) is 1. The fourth-order valence-corrected chi connectivity index (χ4v) is 3.70. The zero-order valence-corrected chi connectivity index (χ0v) is 18.9. The molecular formula is C19H20F4N6O4S. The number of primary sulfonamides is 1. The number of anilines is 2. The number of sulfonamides is 1. The number of rotatable bonds is 7. The second kappa shape index (κ2) is 8.81. The van der Waals surface area contributed by atoms with Gasteiger partial charge in [0.25, 0.3) is 0 Å². The van der Waals surface area contributed by atoms with E-state index in [4.69, 9.17) is 9.88 Å². The molecule has 0 radical (unpaired) electrons. The molecule has 3 aromatic rings. The summed E-state index contributed by atoms with van der Waals surface area (Å²) in [5.41, 5.74) is -3.27. The minimum absolute atomic E-state index is 0.00590. The molecule has 2 heterocycles. The SMILES string of the molecule is COc1c(S(N)(=O)=O)ccc(Nc2ncc(C(F)(F)F)c(-c3cnn(CC(C)(C)O)c3)n2)c1F. The Morgan fingerprint density at radius 3 is 2.47 bits per heavy atom. The van der Waals surface area contributed by atoms with Crippen molar-refractivity contribution < 1.29 is 35.8 Å². The topological polar surface area (TPSA) is 145 Å². The molecule has 0 bridgehead atoms. The van der Waals surface area contributed by atoms with Crippen LogP contribution in [0.15, 0.2) is 35.6 Å². The van der Waals surface area contributed by atoms with Crippen LogP contribution < -0.4 is 15.2 Å². The molecule has 0 aliphatic heterocycles. The van der Waals surface area contributed by atoms with Gasteiger partial charge in [-0.25, -0.2) is 27.9 Å². The van der Waals surface area contributed by atoms with Gasteiger partial charge < -0.3 is 15.2 Å². The van der Waals surface area contributed by atoms with Crippen molar-refractivity contribution in [2.45, 2.75) is 37.1 Å². The Balaban J connectivity index is 2.06. The van der Waals surface area contributed by atoms with Gasteiger partial charge in [0.05, 0.1) is 36.8 Å². The van der Waals surface area contributed by atoms with E-state index >= 15 is 0 Å². The Morgan fingerprint density at radius 1 is 1.24 bits per heavy atom. The third-order valence-electron chi connectivity index (χ3n) is 4.37. The Labute approximate surface area is 191 Å². The molecule has 0 aliphatic rings. The molecule has 0 fully saturated rings. The summed E-state index contributed by atoms with van der Waals surface area (Å²) in [4.78, 5) is 6.86. The molecule has 3 rings (SSSR count). The van der Waals surface area contributed by atoms with E-state index in [9.17, 15) is 31.1 Å². The van der Waals surface area contributed by atoms with Gasteiger partial charge in [-0.05, 0) is 26.0 Å². The molecule has 0 unspecified atom stereocenters. The maximum atomic E-state index is 14.8. The van der Waals surface area contributed by atoms with Crippen molar-refractivity contribution in [1.29, 1.82) is 0 Å². The molecule has 0 spiro atoms. The lowest BCUT2D eigenvalue weighted by atomic mass is 10.1. The number of alkyl halides is 3. The van der Waals surface area contributed by atoms with Gasteiger partial charge in [-0.1, -0.05) is 0 Å². The van der Waals surface area contributed by atoms with Gasteiger partial charge in [0.1, 0.15) is 10.5 Å². The Bertz CT molecular complexity index is 1320. The van der Waals surface area contributed by atoms with Crippen molar-refractivity contribution in [3.05, 3.63) is 42.1 Å². The predicted molar refractivity (Wildman–Crippen MR) is 112 cm³/mol. The number of halogens is 4. The quantitative estimate of drug-likeness (QED) is 0.417. The molecule has 0 aliphatic carbocycles. The second-order valence-corrected chi connectivity index (χ2v) is 9.35. The average Bonchev–Trinajstić information content (AvgIpc) is 3.14. The lowest BCUT2D eigenvalue weighted by Gasteiger charge is -2.16. The van der Waals surface area contributed by atoms with E-state index in [-0.39, 0.29) is 17.8 Å². The van der Waals surface area contributed by atoms with Crippen LogP contribution in [-0.2, 0) is 22.7 Å². The summed E-state index contributed by atoms with van der Waals surface area (Å²) in [6.45, 7) is 3.02. The molecule has 0 amide bonds. The maximum Gasteiger partial charge on any atom is 0.419 e. The van der Waals surface area contributed by atoms with Crippen LogP contribution in [0.1, 0.15) is 19.4 Å². The normalized spacial score (nSPS) is 12.6. The smallest absolute Gasteiger partial charge is 0.419 e. The summed E-state index contributed by atoms with van der Waals surface area (Å²) in [5, 5.41) is 21.3. The van der Waals surface area contributed by atoms with Gasteiger partial charge in [0.2, 0.25) is 16.0 Å². The van der Waals surface area contributed by atoms with Gasteiger partial charge >= 0.3 is 6.18 Å². The zero-order valence-electron chi connectivity index (χ0n) is 18.1. The number of aromatic nitrogens is 4. The molecule has 15 heteroatoms. The molecule has 0 atom stereocenters. The Kier molecular flexibility index (Phi) is 6.56. The highest BCUT2D eigenvalue weighted by Gasteiger charge is 2.36. The van der Waals surface area contributed by atoms with Gasteiger partial charge in [-0.15, -0.1) is 0 Å². The Morgan fingerprint density at radius 2 is 1.91 bits per heavy atom. The first-order valence-electron chi connectivity index (χ1n) is 9.46. The molecule has 0 saturated carbocycles. The number of benzene rings is 1. The van der Waals surface area contributed by atoms with E-state index in [0.29, 0.717) is 6.20 Å². The predicted octanol–water partition coefficient (Wildman–Crippen LogP) is 2.67. The summed E-state index contributed by atoms with van der Waals surface area (Å²) >= 11 is 0. The molecule has 4 N–H and O–H groups in total. The van der Waals surface area contributed by atoms with E-state index in [2.05, 4.69) is 20.4 Å². The minimum Gasteiger partial charge on any atom is -0.492 e. The largest absolute Gasteiger partial charge is 0.492 e. The summed E-state index contributed by atoms with van der Waals surface area (Å²) < 4.78 is 84.8. The number of aliphatic hydroxyl groups is 1. The van der Waals surface area contributed by atoms with Crippen molar-refractivity contribution in [3.8, 4) is 17.0 Å². The summed E-state index contributed by atoms with van der Waals surface area (Å²) in [6.07, 6.45) is -1.88. The van der Waals surface area contributed by atoms with E-state index < -0.39 is 55.5 Å². The van der Waals surface area contributed by atoms with Crippen LogP contribution in [0.5, 0.6) is 5.75 Å². The van der Waals surface area contributed by atoms with Crippen LogP contribution >= 0.6 is 0 Å². The lowest BCUT2D eigenvalue weighted by Crippen LogP contribution is -2.26. The first-order chi connectivity index (χ1) is 15.6. The van der Waals surface area contributed by atoms with Crippen LogP contribution in [0.25, 0.3) is 11.3 Å². The van der Waals surface area contributed by atoms with E-state index in [1.165, 1.54) is 24.7 Å². The number of ether oxygens (including phenoxy) is 1. The lowest BCUT2D eigenvalue weighted by molar-refractivity contribution is -0.137. The first-order valence-corrected chi connectivity index (χ1v) is 11.0. The van der Waals surface area contributed by atoms with Crippen LogP contribution in [-0.4, -0.2) is 46.0 Å². The van der Waals surface area contributed by atoms with Crippen molar-refractivity contribution in [1.82, 2.24) is 19.7 Å². The third-order valence-corrected chi connectivity index (χ3v) is 5.30. The Hall–Kier alpha value is -3.30. The third kappa shape index (κ3) is 5.60. The van der Waals surface area contributed by atoms with Crippen LogP contribution in [0.4, 0.5) is 29.2 Å². The monoisotopic (exact) mass is 504 g/mol. The molecule has 10 nitrogen and oxygen atoms in total. The number of methoxy groups -OCH3 is 1. The number of hydrogen-bond donors (Lipinski definition) is 3. The molecule has 184 valence electrons. The van der Waals surface area contributed by atoms with Gasteiger partial charge in [-0.3, -0.25) is 4.68 Å². The number of nitrogens with one attached hydrogen (secondary N) is 1. The molecule has 0 saturated heterocycles. The summed E-state index contributed by atoms with van der Waals surface area (Å²) in [6, 6.07) is 1.96. The van der Waals surface area contributed by atoms with Crippen LogP contribution in [0.2, 0.25) is 0 Å². The van der Waals surface area contributed by atoms with Crippen molar-refractivity contribution in [3.63, 3.8) is 0 Å². The van der Waals surface area contributed by atoms with Crippen molar-refractivity contribution in [2.75, 3.05) is 12.4 Å². The van der Waals surface area contributed by atoms with Crippen LogP contribution in [0.3, 0.4) is 0 Å². The fraction of sp³-hybridized carbons (Fsp3) is 0.316. The van der Waals surface area contributed by atoms with Crippen molar-refractivity contribution >= 4 is 21.7 Å². The number of nitrogens with zero attached hydrogens (tertiary/aromatic N) is 4. The molecular weight excluding hydrogens is 484 g/mol. The molecule has 1 aromatic carbocycles. The van der Waals surface area contributed by atoms with E-state index in [1.807, 2.05) is 0 Å². The van der Waals surface area contributed by atoms with Gasteiger partial charge in [0.15, 0.2) is 11.6 Å². The second-order valence-electron chi connectivity index (χ2n) is 7.82. The summed E-state index contributed by atoms with van der Waals surface area (Å²) in [5.74, 6) is -2.27. The average molecular weight is 504 g/mol. The van der Waals surface area contributed by atoms with E-state index in [1.54, 1.807) is 0 Å². The zero-order chi connectivity index (χ0) is 25.5. The highest BCUT2D eigenvalue weighted by atomic mass is 32.2. The summed E-state index contributed by atoms with van der Waals surface area (Å²) in [7, 11) is -3.29. The maximum absolute atomic E-state index is 14.8. The highest BCUT2D eigenvalue weighted by Crippen LogP contribution is 2.37. The van der Waals surface area contributed by atoms with Crippen molar-refractivity contribution in [2.24, 2.45) is 5.14 Å². The fourth-order valence-electron chi connectivity index (χ4n) is 3.01. The number of hydrogen-bond acceptors (Lipinski definition) is 8. The van der Waals surface area contributed by atoms with Gasteiger partial charge in [0, 0.05) is 18.0 Å².